The number of benzene rings is 1. The largest absolute Gasteiger partial charge is 0.493 e. The van der Waals surface area contributed by atoms with Gasteiger partial charge in [0.15, 0.2) is 17.5 Å². The number of hydrogen-bond acceptors (Lipinski definition) is 6. The van der Waals surface area contributed by atoms with Crippen LogP contribution in [0.2, 0.25) is 0 Å². The number of nitrogens with zero attached hydrogens (tertiary/aromatic N) is 3. The second-order valence-electron chi connectivity index (χ2n) is 7.50. The Morgan fingerprint density at radius 2 is 2.06 bits per heavy atom. The summed E-state index contributed by atoms with van der Waals surface area (Å²) in [5.41, 5.74) is 7.35. The molecule has 0 radical (unpaired) electrons. The second kappa shape index (κ2) is 11.2. The molecule has 0 atom stereocenters. The van der Waals surface area contributed by atoms with Gasteiger partial charge in [0.25, 0.3) is 0 Å². The molecular weight excluding hydrogens is 408 g/mol. The maximum Gasteiger partial charge on any atom is 0.220 e. The predicted molar refractivity (Wildman–Crippen MR) is 126 cm³/mol. The Labute approximate surface area is 189 Å². The standard InChI is InChI=1S/C23H32N6O3/c1-4-32-20-14-18(7-8-19(20)31-3)28-23(25-2)27-15-17-6-5-11-26-22(17)29-12-9-16(10-13-29)21(24)30/h5-8,11,14,16H,4,9-10,12-13,15H2,1-3H3,(H2,24,30)(H2,25,27,28). The number of primary amides is 1. The van der Waals surface area contributed by atoms with Crippen LogP contribution in [0.5, 0.6) is 11.5 Å². The van der Waals surface area contributed by atoms with E-state index in [9.17, 15) is 4.79 Å². The number of hydrogen-bond donors (Lipinski definition) is 3. The lowest BCUT2D eigenvalue weighted by atomic mass is 9.96. The third-order valence-corrected chi connectivity index (χ3v) is 5.46. The molecule has 2 aromatic rings. The molecule has 0 unspecified atom stereocenters. The molecule has 9 nitrogen and oxygen atoms in total. The molecule has 172 valence electrons. The van der Waals surface area contributed by atoms with Crippen LogP contribution < -0.4 is 30.7 Å². The number of rotatable bonds is 8. The van der Waals surface area contributed by atoms with E-state index >= 15 is 0 Å². The number of ether oxygens (including phenoxy) is 2. The molecule has 1 aromatic carbocycles. The summed E-state index contributed by atoms with van der Waals surface area (Å²) in [5.74, 6) is 2.63. The normalized spacial score (nSPS) is 14.7. The highest BCUT2D eigenvalue weighted by atomic mass is 16.5. The van der Waals surface area contributed by atoms with Crippen LogP contribution in [-0.4, -0.2) is 50.7 Å². The number of nitrogens with two attached hydrogens (primary N) is 1. The highest BCUT2D eigenvalue weighted by Gasteiger charge is 2.25. The van der Waals surface area contributed by atoms with Crippen molar-refractivity contribution in [2.75, 3.05) is 44.1 Å². The number of guanidine groups is 1. The van der Waals surface area contributed by atoms with Gasteiger partial charge in [0.1, 0.15) is 5.82 Å². The number of aromatic nitrogens is 1. The molecule has 1 fully saturated rings. The van der Waals surface area contributed by atoms with E-state index in [0.29, 0.717) is 30.6 Å². The van der Waals surface area contributed by atoms with E-state index in [1.807, 2.05) is 37.3 Å². The van der Waals surface area contributed by atoms with E-state index in [1.54, 1.807) is 20.4 Å². The Bertz CT molecular complexity index is 941. The van der Waals surface area contributed by atoms with Gasteiger partial charge in [0.2, 0.25) is 5.91 Å². The lowest BCUT2D eigenvalue weighted by Gasteiger charge is -2.32. The summed E-state index contributed by atoms with van der Waals surface area (Å²) < 4.78 is 11.0. The average Bonchev–Trinajstić information content (AvgIpc) is 2.82. The molecule has 4 N–H and O–H groups in total. The van der Waals surface area contributed by atoms with E-state index < -0.39 is 0 Å². The number of carbonyl (C=O) groups is 1. The topological polar surface area (TPSA) is 114 Å². The highest BCUT2D eigenvalue weighted by molar-refractivity contribution is 5.93. The Morgan fingerprint density at radius 3 is 2.72 bits per heavy atom. The zero-order valence-corrected chi connectivity index (χ0v) is 18.9. The molecule has 1 saturated heterocycles. The number of nitrogens with one attached hydrogen (secondary N) is 2. The van der Waals surface area contributed by atoms with Gasteiger partial charge in [-0.25, -0.2) is 4.98 Å². The smallest absolute Gasteiger partial charge is 0.220 e. The summed E-state index contributed by atoms with van der Waals surface area (Å²) >= 11 is 0. The number of methoxy groups -OCH3 is 1. The van der Waals surface area contributed by atoms with Gasteiger partial charge in [0, 0.05) is 56.1 Å². The minimum absolute atomic E-state index is 0.0503. The minimum Gasteiger partial charge on any atom is -0.493 e. The van der Waals surface area contributed by atoms with E-state index in [-0.39, 0.29) is 11.8 Å². The Kier molecular flexibility index (Phi) is 8.13. The maximum absolute atomic E-state index is 11.5. The van der Waals surface area contributed by atoms with Gasteiger partial charge in [0.05, 0.1) is 13.7 Å². The quantitative estimate of drug-likeness (QED) is 0.426. The first-order valence-corrected chi connectivity index (χ1v) is 10.8. The molecule has 0 bridgehead atoms. The van der Waals surface area contributed by atoms with Crippen molar-refractivity contribution in [1.82, 2.24) is 10.3 Å². The van der Waals surface area contributed by atoms with Crippen LogP contribution in [0.25, 0.3) is 0 Å². The highest BCUT2D eigenvalue weighted by Crippen LogP contribution is 2.30. The molecule has 1 aliphatic heterocycles. The van der Waals surface area contributed by atoms with Gasteiger partial charge in [-0.3, -0.25) is 9.79 Å². The number of carbonyl (C=O) groups excluding carboxylic acids is 1. The zero-order valence-electron chi connectivity index (χ0n) is 18.9. The number of anilines is 2. The Balaban J connectivity index is 1.65. The average molecular weight is 441 g/mol. The fourth-order valence-electron chi connectivity index (χ4n) is 3.75. The van der Waals surface area contributed by atoms with E-state index in [0.717, 1.165) is 43.0 Å². The van der Waals surface area contributed by atoms with Crippen molar-refractivity contribution in [3.8, 4) is 11.5 Å². The molecule has 0 saturated carbocycles. The van der Waals surface area contributed by atoms with Crippen LogP contribution in [0.15, 0.2) is 41.5 Å². The SMILES string of the molecule is CCOc1cc(NC(=NC)NCc2cccnc2N2CCC(C(N)=O)CC2)ccc1OC. The van der Waals surface area contributed by atoms with Gasteiger partial charge in [-0.15, -0.1) is 0 Å². The molecule has 1 aliphatic rings. The fourth-order valence-corrected chi connectivity index (χ4v) is 3.75. The fraction of sp³-hybridized carbons (Fsp3) is 0.435. The number of amides is 1. The van der Waals surface area contributed by atoms with E-state index in [1.165, 1.54) is 0 Å². The summed E-state index contributed by atoms with van der Waals surface area (Å²) in [6.07, 6.45) is 3.29. The number of piperidine rings is 1. The lowest BCUT2D eigenvalue weighted by molar-refractivity contribution is -0.122. The molecule has 1 aromatic heterocycles. The van der Waals surface area contributed by atoms with Crippen molar-refractivity contribution < 1.29 is 14.3 Å². The van der Waals surface area contributed by atoms with Gasteiger partial charge in [-0.1, -0.05) is 6.07 Å². The first-order chi connectivity index (χ1) is 15.5. The van der Waals surface area contributed by atoms with Crippen molar-refractivity contribution in [2.45, 2.75) is 26.3 Å². The predicted octanol–water partition coefficient (Wildman–Crippen LogP) is 2.38. The number of pyridine rings is 1. The summed E-state index contributed by atoms with van der Waals surface area (Å²) in [4.78, 5) is 22.6. The summed E-state index contributed by atoms with van der Waals surface area (Å²) in [5, 5.41) is 6.63. The molecule has 1 amide bonds. The molecule has 0 aliphatic carbocycles. The molecular formula is C23H32N6O3. The summed E-state index contributed by atoms with van der Waals surface area (Å²) in [7, 11) is 3.34. The van der Waals surface area contributed by atoms with Crippen molar-refractivity contribution in [2.24, 2.45) is 16.6 Å². The van der Waals surface area contributed by atoms with Gasteiger partial charge >= 0.3 is 0 Å². The first kappa shape index (κ1) is 23.2. The third kappa shape index (κ3) is 5.81. The molecule has 32 heavy (non-hydrogen) atoms. The monoisotopic (exact) mass is 440 g/mol. The minimum atomic E-state index is -0.214. The Hall–Kier alpha value is -3.49. The van der Waals surface area contributed by atoms with E-state index in [2.05, 4.69) is 25.5 Å². The third-order valence-electron chi connectivity index (χ3n) is 5.46. The van der Waals surface area contributed by atoms with Crippen LogP contribution in [0.4, 0.5) is 11.5 Å². The van der Waals surface area contributed by atoms with Gasteiger partial charge in [-0.2, -0.15) is 0 Å². The van der Waals surface area contributed by atoms with Crippen LogP contribution in [0.3, 0.4) is 0 Å². The second-order valence-corrected chi connectivity index (χ2v) is 7.50. The van der Waals surface area contributed by atoms with Crippen LogP contribution in [-0.2, 0) is 11.3 Å². The van der Waals surface area contributed by atoms with Crippen molar-refractivity contribution in [3.05, 3.63) is 42.1 Å². The van der Waals surface area contributed by atoms with Crippen LogP contribution in [0.1, 0.15) is 25.3 Å². The number of aliphatic imine (C=N–C) groups is 1. The van der Waals surface area contributed by atoms with E-state index in [4.69, 9.17) is 15.2 Å². The van der Waals surface area contributed by atoms with Crippen molar-refractivity contribution in [3.63, 3.8) is 0 Å². The first-order valence-electron chi connectivity index (χ1n) is 10.8. The molecule has 3 rings (SSSR count). The van der Waals surface area contributed by atoms with Crippen LogP contribution >= 0.6 is 0 Å². The van der Waals surface area contributed by atoms with Crippen molar-refractivity contribution >= 4 is 23.4 Å². The maximum atomic E-state index is 11.5. The molecule has 2 heterocycles. The summed E-state index contributed by atoms with van der Waals surface area (Å²) in [6.45, 7) is 4.55. The lowest BCUT2D eigenvalue weighted by Crippen LogP contribution is -2.39. The van der Waals surface area contributed by atoms with Gasteiger partial charge < -0.3 is 30.7 Å². The molecule has 0 spiro atoms. The molecule has 9 heteroatoms. The zero-order chi connectivity index (χ0) is 22.9. The summed E-state index contributed by atoms with van der Waals surface area (Å²) in [6, 6.07) is 9.61. The van der Waals surface area contributed by atoms with Crippen LogP contribution in [0, 0.1) is 5.92 Å². The van der Waals surface area contributed by atoms with Gasteiger partial charge in [-0.05, 0) is 38.0 Å². The van der Waals surface area contributed by atoms with Crippen molar-refractivity contribution in [1.29, 1.82) is 0 Å². The Morgan fingerprint density at radius 1 is 1.28 bits per heavy atom.